The minimum absolute atomic E-state index is 0. The lowest BCUT2D eigenvalue weighted by Gasteiger charge is -2.37. The largest absolute Gasteiger partial charge is 0.341 e. The SMILES string of the molecule is CC(C)C(NC(=O)NCc1ccccc1)C(=O)N1CCCC(C(C)N)C1.Cl. The predicted octanol–water partition coefficient (Wildman–Crippen LogP) is 2.52. The van der Waals surface area contributed by atoms with E-state index in [1.807, 2.05) is 56.0 Å². The molecule has 0 saturated carbocycles. The molecule has 1 aromatic carbocycles. The fourth-order valence-corrected chi connectivity index (χ4v) is 3.32. The van der Waals surface area contributed by atoms with E-state index < -0.39 is 6.04 Å². The fraction of sp³-hybridized carbons (Fsp3) is 0.600. The average molecular weight is 397 g/mol. The molecule has 0 spiro atoms. The maximum atomic E-state index is 13.0. The van der Waals surface area contributed by atoms with E-state index in [4.69, 9.17) is 5.73 Å². The summed E-state index contributed by atoms with van der Waals surface area (Å²) >= 11 is 0. The molecule has 4 N–H and O–H groups in total. The molecule has 1 aromatic rings. The molecular formula is C20H33ClN4O2. The number of halogens is 1. The normalized spacial score (nSPS) is 19.0. The van der Waals surface area contributed by atoms with E-state index >= 15 is 0 Å². The maximum absolute atomic E-state index is 13.0. The number of urea groups is 1. The van der Waals surface area contributed by atoms with Crippen LogP contribution in [0.1, 0.15) is 39.2 Å². The average Bonchev–Trinajstić information content (AvgIpc) is 2.64. The van der Waals surface area contributed by atoms with Gasteiger partial charge in [-0.05, 0) is 37.2 Å². The highest BCUT2D eigenvalue weighted by atomic mass is 35.5. The monoisotopic (exact) mass is 396 g/mol. The lowest BCUT2D eigenvalue weighted by Crippen LogP contribution is -2.56. The number of hydrogen-bond donors (Lipinski definition) is 3. The number of hydrogen-bond acceptors (Lipinski definition) is 3. The van der Waals surface area contributed by atoms with Gasteiger partial charge in [0, 0.05) is 25.7 Å². The highest BCUT2D eigenvalue weighted by Crippen LogP contribution is 2.20. The van der Waals surface area contributed by atoms with Crippen molar-refractivity contribution in [3.05, 3.63) is 35.9 Å². The summed E-state index contributed by atoms with van der Waals surface area (Å²) < 4.78 is 0. The highest BCUT2D eigenvalue weighted by Gasteiger charge is 2.32. The third-order valence-corrected chi connectivity index (χ3v) is 5.03. The third-order valence-electron chi connectivity index (χ3n) is 5.03. The Morgan fingerprint density at radius 2 is 1.89 bits per heavy atom. The van der Waals surface area contributed by atoms with Gasteiger partial charge in [-0.1, -0.05) is 44.2 Å². The van der Waals surface area contributed by atoms with Crippen LogP contribution < -0.4 is 16.4 Å². The van der Waals surface area contributed by atoms with Crippen LogP contribution >= 0.6 is 12.4 Å². The summed E-state index contributed by atoms with van der Waals surface area (Å²) in [7, 11) is 0. The number of likely N-dealkylation sites (tertiary alicyclic amines) is 1. The van der Waals surface area contributed by atoms with Crippen molar-refractivity contribution in [2.24, 2.45) is 17.6 Å². The van der Waals surface area contributed by atoms with Gasteiger partial charge in [0.15, 0.2) is 0 Å². The second kappa shape index (κ2) is 11.1. The van der Waals surface area contributed by atoms with Crippen molar-refractivity contribution in [3.63, 3.8) is 0 Å². The van der Waals surface area contributed by atoms with Crippen molar-refractivity contribution >= 4 is 24.3 Å². The predicted molar refractivity (Wildman–Crippen MR) is 111 cm³/mol. The van der Waals surface area contributed by atoms with Gasteiger partial charge in [-0.25, -0.2) is 4.79 Å². The van der Waals surface area contributed by atoms with Gasteiger partial charge >= 0.3 is 6.03 Å². The Morgan fingerprint density at radius 3 is 2.48 bits per heavy atom. The molecule has 6 nitrogen and oxygen atoms in total. The van der Waals surface area contributed by atoms with Gasteiger partial charge in [-0.2, -0.15) is 0 Å². The van der Waals surface area contributed by atoms with Crippen LogP contribution in [-0.2, 0) is 11.3 Å². The van der Waals surface area contributed by atoms with Crippen molar-refractivity contribution in [1.29, 1.82) is 0 Å². The van der Waals surface area contributed by atoms with Gasteiger partial charge in [0.25, 0.3) is 0 Å². The van der Waals surface area contributed by atoms with Crippen molar-refractivity contribution in [3.8, 4) is 0 Å². The van der Waals surface area contributed by atoms with Crippen molar-refractivity contribution in [2.75, 3.05) is 13.1 Å². The fourth-order valence-electron chi connectivity index (χ4n) is 3.32. The molecule has 1 fully saturated rings. The lowest BCUT2D eigenvalue weighted by atomic mass is 9.91. The zero-order chi connectivity index (χ0) is 19.1. The molecule has 0 aromatic heterocycles. The smallest absolute Gasteiger partial charge is 0.315 e. The Balaban J connectivity index is 0.00000364. The molecule has 1 aliphatic rings. The Labute approximate surface area is 168 Å². The van der Waals surface area contributed by atoms with Gasteiger partial charge in [-0.3, -0.25) is 4.79 Å². The second-order valence-electron chi connectivity index (χ2n) is 7.58. The van der Waals surface area contributed by atoms with Crippen LogP contribution in [0.2, 0.25) is 0 Å². The Kier molecular flexibility index (Phi) is 9.60. The zero-order valence-electron chi connectivity index (χ0n) is 16.5. The highest BCUT2D eigenvalue weighted by molar-refractivity contribution is 5.87. The number of rotatable bonds is 6. The first-order valence-corrected chi connectivity index (χ1v) is 9.51. The summed E-state index contributed by atoms with van der Waals surface area (Å²) in [6, 6.07) is 8.93. The number of nitrogens with one attached hydrogen (secondary N) is 2. The molecule has 1 heterocycles. The van der Waals surface area contributed by atoms with Crippen LogP contribution in [0.25, 0.3) is 0 Å². The Hall–Kier alpha value is -1.79. The molecule has 3 unspecified atom stereocenters. The summed E-state index contributed by atoms with van der Waals surface area (Å²) in [5, 5.41) is 5.68. The van der Waals surface area contributed by atoms with E-state index in [2.05, 4.69) is 10.6 Å². The topological polar surface area (TPSA) is 87.5 Å². The van der Waals surface area contributed by atoms with Crippen LogP contribution in [0.3, 0.4) is 0 Å². The van der Waals surface area contributed by atoms with E-state index in [-0.39, 0.29) is 36.3 Å². The van der Waals surface area contributed by atoms with Gasteiger partial charge in [0.1, 0.15) is 6.04 Å². The molecule has 3 atom stereocenters. The van der Waals surface area contributed by atoms with Crippen molar-refractivity contribution < 1.29 is 9.59 Å². The summed E-state index contributed by atoms with van der Waals surface area (Å²) in [4.78, 5) is 27.1. The zero-order valence-corrected chi connectivity index (χ0v) is 17.3. The number of nitrogens with zero attached hydrogens (tertiary/aromatic N) is 1. The van der Waals surface area contributed by atoms with Gasteiger partial charge in [-0.15, -0.1) is 12.4 Å². The molecule has 7 heteroatoms. The lowest BCUT2D eigenvalue weighted by molar-refractivity contribution is -0.136. The standard InChI is InChI=1S/C20H32N4O2.ClH/c1-14(2)18(19(25)24-11-7-10-17(13-24)15(3)21)23-20(26)22-12-16-8-5-4-6-9-16;/h4-6,8-9,14-15,17-18H,7,10-13,21H2,1-3H3,(H2,22,23,26);1H. The molecule has 1 aliphatic heterocycles. The van der Waals surface area contributed by atoms with Crippen LogP contribution in [-0.4, -0.2) is 42.0 Å². The number of nitrogens with two attached hydrogens (primary N) is 1. The number of piperidine rings is 1. The molecule has 2 rings (SSSR count). The molecule has 3 amide bonds. The first-order chi connectivity index (χ1) is 12.4. The summed E-state index contributed by atoms with van der Waals surface area (Å²) in [6.07, 6.45) is 2.02. The first-order valence-electron chi connectivity index (χ1n) is 9.51. The second-order valence-corrected chi connectivity index (χ2v) is 7.58. The van der Waals surface area contributed by atoms with E-state index in [0.717, 1.165) is 24.9 Å². The number of carbonyl (C=O) groups excluding carboxylic acids is 2. The molecule has 0 aliphatic carbocycles. The van der Waals surface area contributed by atoms with Gasteiger partial charge in [0.05, 0.1) is 0 Å². The molecule has 27 heavy (non-hydrogen) atoms. The maximum Gasteiger partial charge on any atom is 0.315 e. The van der Waals surface area contributed by atoms with E-state index in [0.29, 0.717) is 19.0 Å². The van der Waals surface area contributed by atoms with Gasteiger partial charge < -0.3 is 21.3 Å². The first kappa shape index (κ1) is 23.2. The summed E-state index contributed by atoms with van der Waals surface area (Å²) in [5.41, 5.74) is 7.04. The third kappa shape index (κ3) is 7.03. The number of carbonyl (C=O) groups is 2. The minimum Gasteiger partial charge on any atom is -0.341 e. The molecule has 152 valence electrons. The Morgan fingerprint density at radius 1 is 1.22 bits per heavy atom. The van der Waals surface area contributed by atoms with Crippen LogP contribution in [0.15, 0.2) is 30.3 Å². The van der Waals surface area contributed by atoms with Crippen LogP contribution in [0.5, 0.6) is 0 Å². The number of amides is 3. The van der Waals surface area contributed by atoms with Crippen molar-refractivity contribution in [1.82, 2.24) is 15.5 Å². The quantitative estimate of drug-likeness (QED) is 0.690. The molecule has 0 radical (unpaired) electrons. The number of benzene rings is 1. The molecule has 1 saturated heterocycles. The summed E-state index contributed by atoms with van der Waals surface area (Å²) in [6.45, 7) is 7.74. The molecule has 0 bridgehead atoms. The van der Waals surface area contributed by atoms with E-state index in [9.17, 15) is 9.59 Å². The van der Waals surface area contributed by atoms with Crippen LogP contribution in [0.4, 0.5) is 4.79 Å². The van der Waals surface area contributed by atoms with E-state index in [1.54, 1.807) is 0 Å². The minimum atomic E-state index is -0.530. The molecular weight excluding hydrogens is 364 g/mol. The van der Waals surface area contributed by atoms with E-state index in [1.165, 1.54) is 0 Å². The van der Waals surface area contributed by atoms with Crippen molar-refractivity contribution in [2.45, 2.75) is 52.2 Å². The Bertz CT molecular complexity index is 595. The van der Waals surface area contributed by atoms with Crippen LogP contribution in [0, 0.1) is 11.8 Å². The summed E-state index contributed by atoms with van der Waals surface area (Å²) in [5.74, 6) is 0.327. The van der Waals surface area contributed by atoms with Gasteiger partial charge in [0.2, 0.25) is 5.91 Å².